The number of rotatable bonds is 3. The minimum Gasteiger partial charge on any atom is -0.479 e. The third-order valence-corrected chi connectivity index (χ3v) is 1.75. The number of ether oxygens (including phenoxy) is 1. The molecule has 1 aromatic rings. The smallest absolute Gasteiger partial charge is 0.341 e. The molecule has 0 aliphatic heterocycles. The molecule has 14 heavy (non-hydrogen) atoms. The van der Waals surface area contributed by atoms with Crippen LogP contribution in [0.1, 0.15) is 0 Å². The summed E-state index contributed by atoms with van der Waals surface area (Å²) < 4.78 is 5.75. The highest BCUT2D eigenvalue weighted by atomic mass is 35.5. The van der Waals surface area contributed by atoms with Gasteiger partial charge < -0.3 is 9.84 Å². The molecule has 0 saturated heterocycles. The van der Waals surface area contributed by atoms with Crippen molar-refractivity contribution < 1.29 is 14.6 Å². The minimum atomic E-state index is -1.15. The van der Waals surface area contributed by atoms with Crippen LogP contribution in [-0.4, -0.2) is 27.5 Å². The molecular formula is C7H7ClN2O4. The summed E-state index contributed by atoms with van der Waals surface area (Å²) in [5, 5.41) is 11.8. The Balaban J connectivity index is 2.94. The number of carbonyl (C=O) groups is 1. The van der Waals surface area contributed by atoms with Crippen molar-refractivity contribution in [3.63, 3.8) is 0 Å². The summed E-state index contributed by atoms with van der Waals surface area (Å²) >= 11 is 5.59. The molecule has 1 heterocycles. The molecule has 0 fully saturated rings. The number of aliphatic carboxylic acids is 1. The molecule has 0 aliphatic rings. The van der Waals surface area contributed by atoms with E-state index in [1.54, 1.807) is 0 Å². The van der Waals surface area contributed by atoms with E-state index in [-0.39, 0.29) is 10.8 Å². The van der Waals surface area contributed by atoms with E-state index in [0.717, 1.165) is 4.68 Å². The predicted octanol–water partition coefficient (Wildman–Crippen LogP) is -0.103. The van der Waals surface area contributed by atoms with E-state index in [1.165, 1.54) is 13.2 Å². The average molecular weight is 219 g/mol. The highest BCUT2D eigenvalue weighted by molar-refractivity contribution is 6.31. The van der Waals surface area contributed by atoms with E-state index in [0.29, 0.717) is 0 Å². The van der Waals surface area contributed by atoms with Crippen LogP contribution in [0, 0.1) is 0 Å². The van der Waals surface area contributed by atoms with Gasteiger partial charge in [-0.05, 0) is 0 Å². The fourth-order valence-electron chi connectivity index (χ4n) is 0.736. The quantitative estimate of drug-likeness (QED) is 0.766. The van der Waals surface area contributed by atoms with Crippen molar-refractivity contribution in [2.75, 3.05) is 6.61 Å². The van der Waals surface area contributed by atoms with E-state index in [9.17, 15) is 9.59 Å². The first kappa shape index (κ1) is 10.5. The molecule has 0 radical (unpaired) electrons. The van der Waals surface area contributed by atoms with Crippen molar-refractivity contribution in [3.05, 3.63) is 21.6 Å². The molecule has 0 aliphatic carbocycles. The molecule has 0 saturated carbocycles. The largest absolute Gasteiger partial charge is 0.479 e. The molecule has 1 aromatic heterocycles. The Kier molecular flexibility index (Phi) is 3.08. The SMILES string of the molecule is Cn1ncc(OCC(=O)O)c(Cl)c1=O. The van der Waals surface area contributed by atoms with E-state index in [4.69, 9.17) is 21.4 Å². The molecular weight excluding hydrogens is 212 g/mol. The van der Waals surface area contributed by atoms with Gasteiger partial charge in [-0.3, -0.25) is 4.79 Å². The summed E-state index contributed by atoms with van der Waals surface area (Å²) in [5.41, 5.74) is -0.533. The van der Waals surface area contributed by atoms with Crippen molar-refractivity contribution in [1.29, 1.82) is 0 Å². The van der Waals surface area contributed by atoms with Gasteiger partial charge in [0.25, 0.3) is 5.56 Å². The average Bonchev–Trinajstić information content (AvgIpc) is 2.13. The lowest BCUT2D eigenvalue weighted by atomic mass is 10.5. The lowest BCUT2D eigenvalue weighted by Gasteiger charge is -2.04. The lowest BCUT2D eigenvalue weighted by Crippen LogP contribution is -2.21. The number of halogens is 1. The van der Waals surface area contributed by atoms with Crippen LogP contribution in [-0.2, 0) is 11.8 Å². The normalized spacial score (nSPS) is 9.86. The first-order chi connectivity index (χ1) is 6.52. The zero-order chi connectivity index (χ0) is 10.7. The highest BCUT2D eigenvalue weighted by Crippen LogP contribution is 2.17. The van der Waals surface area contributed by atoms with E-state index < -0.39 is 18.1 Å². The maximum Gasteiger partial charge on any atom is 0.341 e. The zero-order valence-electron chi connectivity index (χ0n) is 7.23. The van der Waals surface area contributed by atoms with Crippen molar-refractivity contribution in [1.82, 2.24) is 9.78 Å². The van der Waals surface area contributed by atoms with Crippen molar-refractivity contribution >= 4 is 17.6 Å². The molecule has 0 aromatic carbocycles. The molecule has 1 N–H and O–H groups in total. The van der Waals surface area contributed by atoms with Crippen LogP contribution in [0.5, 0.6) is 5.75 Å². The summed E-state index contributed by atoms with van der Waals surface area (Å²) in [4.78, 5) is 21.3. The Labute approximate surface area is 83.7 Å². The number of aryl methyl sites for hydroxylation is 1. The monoisotopic (exact) mass is 218 g/mol. The van der Waals surface area contributed by atoms with Crippen LogP contribution >= 0.6 is 11.6 Å². The number of nitrogens with zero attached hydrogens (tertiary/aromatic N) is 2. The van der Waals surface area contributed by atoms with Crippen LogP contribution in [0.3, 0.4) is 0 Å². The Morgan fingerprint density at radius 1 is 1.79 bits per heavy atom. The number of hydrogen-bond acceptors (Lipinski definition) is 4. The Morgan fingerprint density at radius 2 is 2.43 bits per heavy atom. The molecule has 1 rings (SSSR count). The maximum absolute atomic E-state index is 11.2. The lowest BCUT2D eigenvalue weighted by molar-refractivity contribution is -0.139. The molecule has 7 heteroatoms. The molecule has 0 atom stereocenters. The Hall–Kier alpha value is -1.56. The molecule has 0 amide bonds. The summed E-state index contributed by atoms with van der Waals surface area (Å²) in [5.74, 6) is -1.18. The second kappa shape index (κ2) is 4.10. The summed E-state index contributed by atoms with van der Waals surface area (Å²) in [7, 11) is 1.43. The van der Waals surface area contributed by atoms with Gasteiger partial charge in [-0.2, -0.15) is 5.10 Å². The van der Waals surface area contributed by atoms with Gasteiger partial charge in [0, 0.05) is 7.05 Å². The Bertz CT molecular complexity index is 415. The van der Waals surface area contributed by atoms with Gasteiger partial charge in [-0.1, -0.05) is 11.6 Å². The second-order valence-corrected chi connectivity index (χ2v) is 2.81. The van der Waals surface area contributed by atoms with Gasteiger partial charge in [-0.25, -0.2) is 9.48 Å². The van der Waals surface area contributed by atoms with Crippen LogP contribution in [0.4, 0.5) is 0 Å². The number of hydrogen-bond donors (Lipinski definition) is 1. The highest BCUT2D eigenvalue weighted by Gasteiger charge is 2.09. The molecule has 0 unspecified atom stereocenters. The van der Waals surface area contributed by atoms with Gasteiger partial charge >= 0.3 is 5.97 Å². The third kappa shape index (κ3) is 2.23. The topological polar surface area (TPSA) is 81.4 Å². The van der Waals surface area contributed by atoms with Gasteiger partial charge in [0.15, 0.2) is 17.4 Å². The van der Waals surface area contributed by atoms with Gasteiger partial charge in [-0.15, -0.1) is 0 Å². The molecule has 6 nitrogen and oxygen atoms in total. The predicted molar refractivity (Wildman–Crippen MR) is 47.6 cm³/mol. The van der Waals surface area contributed by atoms with E-state index >= 15 is 0 Å². The molecule has 0 spiro atoms. The van der Waals surface area contributed by atoms with Crippen LogP contribution in [0.15, 0.2) is 11.0 Å². The fourth-order valence-corrected chi connectivity index (χ4v) is 0.961. The number of carboxylic acids is 1. The van der Waals surface area contributed by atoms with E-state index in [1.807, 2.05) is 0 Å². The number of carboxylic acid groups (broad SMARTS) is 1. The second-order valence-electron chi connectivity index (χ2n) is 2.43. The van der Waals surface area contributed by atoms with Gasteiger partial charge in [0.2, 0.25) is 0 Å². The summed E-state index contributed by atoms with van der Waals surface area (Å²) in [6, 6.07) is 0. The minimum absolute atomic E-state index is 0.0304. The molecule has 76 valence electrons. The van der Waals surface area contributed by atoms with E-state index in [2.05, 4.69) is 5.10 Å². The molecule has 0 bridgehead atoms. The first-order valence-corrected chi connectivity index (χ1v) is 3.96. The summed E-state index contributed by atoms with van der Waals surface area (Å²) in [6.45, 7) is -0.561. The first-order valence-electron chi connectivity index (χ1n) is 3.58. The zero-order valence-corrected chi connectivity index (χ0v) is 7.98. The number of aromatic nitrogens is 2. The van der Waals surface area contributed by atoms with Crippen LogP contribution < -0.4 is 10.3 Å². The van der Waals surface area contributed by atoms with Crippen molar-refractivity contribution in [2.45, 2.75) is 0 Å². The van der Waals surface area contributed by atoms with Gasteiger partial charge in [0.05, 0.1) is 6.20 Å². The van der Waals surface area contributed by atoms with Crippen LogP contribution in [0.25, 0.3) is 0 Å². The third-order valence-electron chi connectivity index (χ3n) is 1.40. The van der Waals surface area contributed by atoms with Crippen LogP contribution in [0.2, 0.25) is 5.02 Å². The fraction of sp³-hybridized carbons (Fsp3) is 0.286. The van der Waals surface area contributed by atoms with Gasteiger partial charge in [0.1, 0.15) is 0 Å². The standard InChI is InChI=1S/C7H7ClN2O4/c1-10-7(13)6(8)4(2-9-10)14-3-5(11)12/h2H,3H2,1H3,(H,11,12). The van der Waals surface area contributed by atoms with Crippen molar-refractivity contribution in [3.8, 4) is 5.75 Å². The Morgan fingerprint density at radius 3 is 3.00 bits per heavy atom. The van der Waals surface area contributed by atoms with Crippen molar-refractivity contribution in [2.24, 2.45) is 7.05 Å². The maximum atomic E-state index is 11.2. The summed E-state index contributed by atoms with van der Waals surface area (Å²) in [6.07, 6.45) is 1.19.